The van der Waals surface area contributed by atoms with Crippen molar-refractivity contribution in [3.05, 3.63) is 46.5 Å². The molecular weight excluding hydrogens is 297 g/mol. The van der Waals surface area contributed by atoms with E-state index in [1.54, 1.807) is 6.92 Å². The van der Waals surface area contributed by atoms with Gasteiger partial charge in [0.15, 0.2) is 0 Å². The molecule has 0 aliphatic rings. The Labute approximate surface area is 122 Å². The number of aliphatic hydroxyl groups excluding tert-OH is 1. The highest BCUT2D eigenvalue weighted by Crippen LogP contribution is 2.19. The third-order valence-corrected chi connectivity index (χ3v) is 4.55. The Morgan fingerprint density at radius 3 is 2.62 bits per heavy atom. The standard InChI is InChI=1S/C13H16FN3O3S/c1-8-3-12(4-10(7-18)13(8)14)21(19,20)16-6-11-5-15-17-9(11)2/h3-5,16,18H,6-7H2,1-2H3,(H,15,17). The summed E-state index contributed by atoms with van der Waals surface area (Å²) in [6, 6.07) is 2.37. The van der Waals surface area contributed by atoms with E-state index < -0.39 is 22.4 Å². The second-order valence-electron chi connectivity index (χ2n) is 4.72. The van der Waals surface area contributed by atoms with Gasteiger partial charge >= 0.3 is 0 Å². The van der Waals surface area contributed by atoms with Gasteiger partial charge in [-0.2, -0.15) is 5.10 Å². The van der Waals surface area contributed by atoms with Gasteiger partial charge in [-0.05, 0) is 31.5 Å². The van der Waals surface area contributed by atoms with Gasteiger partial charge in [0.05, 0.1) is 17.7 Å². The number of nitrogens with one attached hydrogen (secondary N) is 2. The summed E-state index contributed by atoms with van der Waals surface area (Å²) in [4.78, 5) is -0.0772. The largest absolute Gasteiger partial charge is 0.392 e. The van der Waals surface area contributed by atoms with Crippen LogP contribution >= 0.6 is 0 Å². The average Bonchev–Trinajstić information content (AvgIpc) is 2.85. The summed E-state index contributed by atoms with van der Waals surface area (Å²) >= 11 is 0. The first kappa shape index (κ1) is 15.6. The molecule has 0 atom stereocenters. The van der Waals surface area contributed by atoms with Gasteiger partial charge in [-0.3, -0.25) is 5.10 Å². The summed E-state index contributed by atoms with van der Waals surface area (Å²) in [6.07, 6.45) is 1.53. The topological polar surface area (TPSA) is 95.1 Å². The van der Waals surface area contributed by atoms with Crippen LogP contribution in [0.1, 0.15) is 22.4 Å². The van der Waals surface area contributed by atoms with Gasteiger partial charge in [0.1, 0.15) is 5.82 Å². The number of aromatic amines is 1. The summed E-state index contributed by atoms with van der Waals surface area (Å²) in [5, 5.41) is 15.6. The number of nitrogens with zero attached hydrogens (tertiary/aromatic N) is 1. The van der Waals surface area contributed by atoms with Crippen molar-refractivity contribution in [3.8, 4) is 0 Å². The molecule has 21 heavy (non-hydrogen) atoms. The SMILES string of the molecule is Cc1cc(S(=O)(=O)NCc2cn[nH]c2C)cc(CO)c1F. The van der Waals surface area contributed by atoms with Crippen LogP contribution in [0.2, 0.25) is 0 Å². The fraction of sp³-hybridized carbons (Fsp3) is 0.308. The van der Waals surface area contributed by atoms with Crippen molar-refractivity contribution in [3.63, 3.8) is 0 Å². The van der Waals surface area contributed by atoms with E-state index in [0.717, 1.165) is 17.3 Å². The van der Waals surface area contributed by atoms with Gasteiger partial charge in [0.2, 0.25) is 10.0 Å². The molecule has 0 saturated carbocycles. The smallest absolute Gasteiger partial charge is 0.240 e. The number of aryl methyl sites for hydroxylation is 2. The predicted molar refractivity (Wildman–Crippen MR) is 74.4 cm³/mol. The average molecular weight is 313 g/mol. The van der Waals surface area contributed by atoms with E-state index >= 15 is 0 Å². The molecule has 0 fully saturated rings. The van der Waals surface area contributed by atoms with Crippen LogP contribution in [0.4, 0.5) is 4.39 Å². The molecule has 0 spiro atoms. The Balaban J connectivity index is 2.27. The minimum atomic E-state index is -3.79. The third-order valence-electron chi connectivity index (χ3n) is 3.17. The Kier molecular flexibility index (Phi) is 4.40. The highest BCUT2D eigenvalue weighted by Gasteiger charge is 2.18. The number of sulfonamides is 1. The Morgan fingerprint density at radius 2 is 2.05 bits per heavy atom. The summed E-state index contributed by atoms with van der Waals surface area (Å²) < 4.78 is 40.5. The highest BCUT2D eigenvalue weighted by molar-refractivity contribution is 7.89. The number of H-pyrrole nitrogens is 1. The van der Waals surface area contributed by atoms with Crippen LogP contribution in [0.25, 0.3) is 0 Å². The molecule has 114 valence electrons. The second-order valence-corrected chi connectivity index (χ2v) is 6.48. The van der Waals surface area contributed by atoms with Crippen LogP contribution < -0.4 is 4.72 Å². The van der Waals surface area contributed by atoms with Crippen molar-refractivity contribution in [2.24, 2.45) is 0 Å². The van der Waals surface area contributed by atoms with E-state index in [1.807, 2.05) is 0 Å². The van der Waals surface area contributed by atoms with E-state index in [9.17, 15) is 12.8 Å². The minimum absolute atomic E-state index is 0.0464. The second kappa shape index (κ2) is 5.92. The Morgan fingerprint density at radius 1 is 1.33 bits per heavy atom. The summed E-state index contributed by atoms with van der Waals surface area (Å²) in [7, 11) is -3.79. The lowest BCUT2D eigenvalue weighted by Crippen LogP contribution is -2.24. The first-order valence-electron chi connectivity index (χ1n) is 6.23. The number of hydrogen-bond acceptors (Lipinski definition) is 4. The lowest BCUT2D eigenvalue weighted by Gasteiger charge is -2.10. The van der Waals surface area contributed by atoms with Gasteiger partial charge in [-0.15, -0.1) is 0 Å². The maximum Gasteiger partial charge on any atom is 0.240 e. The molecule has 0 unspecified atom stereocenters. The molecule has 1 aromatic carbocycles. The number of rotatable bonds is 5. The monoisotopic (exact) mass is 313 g/mol. The van der Waals surface area contributed by atoms with Gasteiger partial charge < -0.3 is 5.11 Å². The Bertz CT molecular complexity index is 756. The fourth-order valence-electron chi connectivity index (χ4n) is 1.89. The highest BCUT2D eigenvalue weighted by atomic mass is 32.2. The van der Waals surface area contributed by atoms with E-state index in [-0.39, 0.29) is 22.6 Å². The zero-order valence-electron chi connectivity index (χ0n) is 11.6. The molecule has 3 N–H and O–H groups in total. The maximum absolute atomic E-state index is 13.6. The lowest BCUT2D eigenvalue weighted by molar-refractivity contribution is 0.275. The normalized spacial score (nSPS) is 11.8. The molecular formula is C13H16FN3O3S. The molecule has 1 heterocycles. The van der Waals surface area contributed by atoms with Crippen LogP contribution in [0.3, 0.4) is 0 Å². The molecule has 2 aromatic rings. The van der Waals surface area contributed by atoms with Crippen molar-refractivity contribution >= 4 is 10.0 Å². The predicted octanol–water partition coefficient (Wildman–Crippen LogP) is 1.14. The molecule has 0 aliphatic heterocycles. The van der Waals surface area contributed by atoms with Crippen molar-refractivity contribution in [1.82, 2.24) is 14.9 Å². The fourth-order valence-corrected chi connectivity index (χ4v) is 3.03. The zero-order chi connectivity index (χ0) is 15.6. The number of aliphatic hydroxyl groups is 1. The molecule has 6 nitrogen and oxygen atoms in total. The van der Waals surface area contributed by atoms with Gasteiger partial charge in [-0.25, -0.2) is 17.5 Å². The zero-order valence-corrected chi connectivity index (χ0v) is 12.5. The third kappa shape index (κ3) is 3.29. The van der Waals surface area contributed by atoms with Gasteiger partial charge in [-0.1, -0.05) is 0 Å². The first-order valence-corrected chi connectivity index (χ1v) is 7.72. The van der Waals surface area contributed by atoms with Gasteiger partial charge in [0, 0.05) is 23.4 Å². The number of halogens is 1. The first-order chi connectivity index (χ1) is 9.85. The van der Waals surface area contributed by atoms with Crippen LogP contribution in [-0.2, 0) is 23.2 Å². The molecule has 0 saturated heterocycles. The van der Waals surface area contributed by atoms with Crippen molar-refractivity contribution < 1.29 is 17.9 Å². The van der Waals surface area contributed by atoms with E-state index in [0.29, 0.717) is 0 Å². The van der Waals surface area contributed by atoms with Crippen LogP contribution in [-0.4, -0.2) is 23.7 Å². The molecule has 1 aromatic heterocycles. The van der Waals surface area contributed by atoms with E-state index in [1.165, 1.54) is 19.2 Å². The quantitative estimate of drug-likeness (QED) is 0.771. The van der Waals surface area contributed by atoms with Gasteiger partial charge in [0.25, 0.3) is 0 Å². The van der Waals surface area contributed by atoms with E-state index in [2.05, 4.69) is 14.9 Å². The maximum atomic E-state index is 13.6. The van der Waals surface area contributed by atoms with Crippen molar-refractivity contribution in [1.29, 1.82) is 0 Å². The van der Waals surface area contributed by atoms with Crippen molar-refractivity contribution in [2.45, 2.75) is 31.9 Å². The van der Waals surface area contributed by atoms with E-state index in [4.69, 9.17) is 5.11 Å². The lowest BCUT2D eigenvalue weighted by atomic mass is 10.1. The molecule has 2 rings (SSSR count). The summed E-state index contributed by atoms with van der Waals surface area (Å²) in [5.74, 6) is -0.595. The summed E-state index contributed by atoms with van der Waals surface area (Å²) in [6.45, 7) is 2.75. The molecule has 0 bridgehead atoms. The number of aromatic nitrogens is 2. The molecule has 0 radical (unpaired) electrons. The Hall–Kier alpha value is -1.77. The van der Waals surface area contributed by atoms with Crippen LogP contribution in [0.15, 0.2) is 23.2 Å². The van der Waals surface area contributed by atoms with Crippen LogP contribution in [0.5, 0.6) is 0 Å². The minimum Gasteiger partial charge on any atom is -0.392 e. The number of hydrogen-bond donors (Lipinski definition) is 3. The number of benzene rings is 1. The van der Waals surface area contributed by atoms with Crippen LogP contribution in [0, 0.1) is 19.7 Å². The molecule has 0 amide bonds. The van der Waals surface area contributed by atoms with Crippen molar-refractivity contribution in [2.75, 3.05) is 0 Å². The molecule has 0 aliphatic carbocycles. The molecule has 8 heteroatoms. The summed E-state index contributed by atoms with van der Waals surface area (Å²) in [5.41, 5.74) is 1.61.